The largest absolute Gasteiger partial charge is 0.295 e. The standard InChI is InChI=1S/C9H12O/c1-8-4-2-3-5-9(10)7-6-8/h2-3,6-8H,4-5H2,1H3/b3-2-,7-6-. The highest BCUT2D eigenvalue weighted by atomic mass is 16.1. The fourth-order valence-corrected chi connectivity index (χ4v) is 0.929. The lowest BCUT2D eigenvalue weighted by molar-refractivity contribution is -0.113. The SMILES string of the molecule is CC1/C=C\C(=O)C/C=C\C1. The van der Waals surface area contributed by atoms with Gasteiger partial charge in [-0.05, 0) is 18.4 Å². The highest BCUT2D eigenvalue weighted by Crippen LogP contribution is 2.08. The van der Waals surface area contributed by atoms with Crippen LogP contribution in [0.1, 0.15) is 19.8 Å². The van der Waals surface area contributed by atoms with Crippen molar-refractivity contribution in [3.8, 4) is 0 Å². The molecule has 0 N–H and O–H groups in total. The van der Waals surface area contributed by atoms with Crippen molar-refractivity contribution in [2.75, 3.05) is 0 Å². The molecule has 54 valence electrons. The van der Waals surface area contributed by atoms with E-state index >= 15 is 0 Å². The summed E-state index contributed by atoms with van der Waals surface area (Å²) in [6, 6.07) is 0. The zero-order valence-electron chi connectivity index (χ0n) is 6.21. The van der Waals surface area contributed by atoms with E-state index in [1.165, 1.54) is 0 Å². The highest BCUT2D eigenvalue weighted by molar-refractivity contribution is 5.90. The van der Waals surface area contributed by atoms with Crippen LogP contribution < -0.4 is 0 Å². The van der Waals surface area contributed by atoms with Crippen molar-refractivity contribution in [3.63, 3.8) is 0 Å². The Morgan fingerprint density at radius 1 is 1.50 bits per heavy atom. The van der Waals surface area contributed by atoms with Crippen LogP contribution in [0.25, 0.3) is 0 Å². The molecule has 0 aromatic heterocycles. The molecule has 0 aromatic rings. The first-order valence-electron chi connectivity index (χ1n) is 3.65. The smallest absolute Gasteiger partial charge is 0.159 e. The second-order valence-corrected chi connectivity index (χ2v) is 2.71. The van der Waals surface area contributed by atoms with Gasteiger partial charge in [-0.2, -0.15) is 0 Å². The Morgan fingerprint density at radius 3 is 3.10 bits per heavy atom. The van der Waals surface area contributed by atoms with E-state index in [4.69, 9.17) is 0 Å². The summed E-state index contributed by atoms with van der Waals surface area (Å²) >= 11 is 0. The number of hydrogen-bond donors (Lipinski definition) is 0. The van der Waals surface area contributed by atoms with Gasteiger partial charge in [0.25, 0.3) is 0 Å². The molecule has 0 fully saturated rings. The third-order valence-corrected chi connectivity index (χ3v) is 1.60. The summed E-state index contributed by atoms with van der Waals surface area (Å²) in [6.07, 6.45) is 9.32. The van der Waals surface area contributed by atoms with Gasteiger partial charge < -0.3 is 0 Å². The van der Waals surface area contributed by atoms with E-state index in [2.05, 4.69) is 13.0 Å². The van der Waals surface area contributed by atoms with E-state index in [1.807, 2.05) is 12.2 Å². The first-order chi connectivity index (χ1) is 4.79. The minimum absolute atomic E-state index is 0.211. The molecule has 0 spiro atoms. The second kappa shape index (κ2) is 3.35. The maximum atomic E-state index is 10.8. The number of rotatable bonds is 0. The molecule has 0 aromatic carbocycles. The zero-order chi connectivity index (χ0) is 7.40. The molecule has 1 rings (SSSR count). The molecule has 1 aliphatic carbocycles. The van der Waals surface area contributed by atoms with E-state index in [-0.39, 0.29) is 5.78 Å². The third kappa shape index (κ3) is 2.18. The van der Waals surface area contributed by atoms with Crippen LogP contribution in [0.2, 0.25) is 0 Å². The Balaban J connectivity index is 2.59. The lowest BCUT2D eigenvalue weighted by Crippen LogP contribution is -1.95. The van der Waals surface area contributed by atoms with Crippen LogP contribution in [0, 0.1) is 5.92 Å². The van der Waals surface area contributed by atoms with Crippen molar-refractivity contribution in [2.24, 2.45) is 5.92 Å². The molecule has 10 heavy (non-hydrogen) atoms. The summed E-state index contributed by atoms with van der Waals surface area (Å²) in [5.41, 5.74) is 0. The summed E-state index contributed by atoms with van der Waals surface area (Å²) < 4.78 is 0. The van der Waals surface area contributed by atoms with Crippen LogP contribution >= 0.6 is 0 Å². The zero-order valence-corrected chi connectivity index (χ0v) is 6.21. The molecule has 1 heteroatoms. The van der Waals surface area contributed by atoms with E-state index in [1.54, 1.807) is 6.08 Å². The topological polar surface area (TPSA) is 17.1 Å². The molecule has 1 atom stereocenters. The monoisotopic (exact) mass is 136 g/mol. The Morgan fingerprint density at radius 2 is 2.30 bits per heavy atom. The highest BCUT2D eigenvalue weighted by Gasteiger charge is 1.99. The first-order valence-corrected chi connectivity index (χ1v) is 3.65. The summed E-state index contributed by atoms with van der Waals surface area (Å²) in [7, 11) is 0. The predicted molar refractivity (Wildman–Crippen MR) is 41.7 cm³/mol. The van der Waals surface area contributed by atoms with Crippen molar-refractivity contribution in [1.82, 2.24) is 0 Å². The van der Waals surface area contributed by atoms with Gasteiger partial charge >= 0.3 is 0 Å². The van der Waals surface area contributed by atoms with E-state index in [0.29, 0.717) is 12.3 Å². The third-order valence-electron chi connectivity index (χ3n) is 1.60. The average Bonchev–Trinajstić information content (AvgIpc) is 1.90. The second-order valence-electron chi connectivity index (χ2n) is 2.71. The number of ketones is 1. The van der Waals surface area contributed by atoms with Crippen LogP contribution in [-0.2, 0) is 4.79 Å². The average molecular weight is 136 g/mol. The van der Waals surface area contributed by atoms with Gasteiger partial charge in [0.2, 0.25) is 0 Å². The van der Waals surface area contributed by atoms with Gasteiger partial charge in [-0.25, -0.2) is 0 Å². The lowest BCUT2D eigenvalue weighted by atomic mass is 10.0. The molecule has 0 saturated carbocycles. The molecule has 0 bridgehead atoms. The number of allylic oxidation sites excluding steroid dienone is 4. The van der Waals surface area contributed by atoms with Crippen molar-refractivity contribution in [2.45, 2.75) is 19.8 Å². The van der Waals surface area contributed by atoms with Crippen molar-refractivity contribution >= 4 is 5.78 Å². The van der Waals surface area contributed by atoms with E-state index in [0.717, 1.165) is 6.42 Å². The quantitative estimate of drug-likeness (QED) is 0.466. The maximum absolute atomic E-state index is 10.8. The molecule has 0 saturated heterocycles. The van der Waals surface area contributed by atoms with Gasteiger partial charge in [0.05, 0.1) is 0 Å². The molecule has 0 aliphatic heterocycles. The normalized spacial score (nSPS) is 32.5. The van der Waals surface area contributed by atoms with Gasteiger partial charge in [0.15, 0.2) is 5.78 Å². The Bertz CT molecular complexity index is 177. The van der Waals surface area contributed by atoms with Gasteiger partial charge in [-0.15, -0.1) is 0 Å². The molecule has 0 amide bonds. The van der Waals surface area contributed by atoms with Crippen LogP contribution in [0.5, 0.6) is 0 Å². The van der Waals surface area contributed by atoms with Crippen molar-refractivity contribution in [1.29, 1.82) is 0 Å². The fraction of sp³-hybridized carbons (Fsp3) is 0.444. The summed E-state index contributed by atoms with van der Waals surface area (Å²) in [5.74, 6) is 0.725. The lowest BCUT2D eigenvalue weighted by Gasteiger charge is -2.02. The van der Waals surface area contributed by atoms with Gasteiger partial charge in [0.1, 0.15) is 0 Å². The van der Waals surface area contributed by atoms with Crippen LogP contribution in [-0.4, -0.2) is 5.78 Å². The van der Waals surface area contributed by atoms with Gasteiger partial charge in [-0.1, -0.05) is 25.2 Å². The first kappa shape index (κ1) is 7.26. The number of carbonyl (C=O) groups excluding carboxylic acids is 1. The summed E-state index contributed by atoms with van der Waals surface area (Å²) in [5, 5.41) is 0. The van der Waals surface area contributed by atoms with E-state index < -0.39 is 0 Å². The van der Waals surface area contributed by atoms with Crippen molar-refractivity contribution < 1.29 is 4.79 Å². The number of carbonyl (C=O) groups is 1. The molecular formula is C9H12O. The van der Waals surface area contributed by atoms with Crippen LogP contribution in [0.3, 0.4) is 0 Å². The molecule has 0 radical (unpaired) electrons. The van der Waals surface area contributed by atoms with Crippen LogP contribution in [0.15, 0.2) is 24.3 Å². The molecule has 1 aliphatic rings. The molecule has 1 unspecified atom stereocenters. The summed E-state index contributed by atoms with van der Waals surface area (Å²) in [6.45, 7) is 2.11. The Labute approximate surface area is 61.4 Å². The summed E-state index contributed by atoms with van der Waals surface area (Å²) in [4.78, 5) is 10.8. The molecule has 0 heterocycles. The van der Waals surface area contributed by atoms with Gasteiger partial charge in [-0.3, -0.25) is 4.79 Å². The molecular weight excluding hydrogens is 124 g/mol. The van der Waals surface area contributed by atoms with Crippen LogP contribution in [0.4, 0.5) is 0 Å². The predicted octanol–water partition coefficient (Wildman–Crippen LogP) is 2.10. The number of hydrogen-bond acceptors (Lipinski definition) is 1. The van der Waals surface area contributed by atoms with Gasteiger partial charge in [0, 0.05) is 6.42 Å². The fourth-order valence-electron chi connectivity index (χ4n) is 0.929. The molecule has 1 nitrogen and oxygen atoms in total. The Hall–Kier alpha value is -0.850. The Kier molecular flexibility index (Phi) is 2.43. The van der Waals surface area contributed by atoms with E-state index in [9.17, 15) is 4.79 Å². The minimum atomic E-state index is 0.211. The minimum Gasteiger partial charge on any atom is -0.295 e. The van der Waals surface area contributed by atoms with Crippen molar-refractivity contribution in [3.05, 3.63) is 24.3 Å². The maximum Gasteiger partial charge on any atom is 0.159 e.